The molecule has 0 radical (unpaired) electrons. The second-order valence-corrected chi connectivity index (χ2v) is 2.88. The third-order valence-corrected chi connectivity index (χ3v) is 1.86. The lowest BCUT2D eigenvalue weighted by Gasteiger charge is -2.20. The van der Waals surface area contributed by atoms with Crippen molar-refractivity contribution < 1.29 is 19.4 Å². The zero-order valence-electron chi connectivity index (χ0n) is 7.59. The number of carboxylic acids is 1. The minimum atomic E-state index is -1.39. The van der Waals surface area contributed by atoms with Crippen LogP contribution in [0.3, 0.4) is 0 Å². The average molecular weight is 174 g/mol. The number of rotatable bonds is 4. The van der Waals surface area contributed by atoms with Crippen LogP contribution in [-0.4, -0.2) is 24.2 Å². The van der Waals surface area contributed by atoms with Gasteiger partial charge in [-0.2, -0.15) is 0 Å². The number of carbonyl (C=O) groups excluding carboxylic acids is 1. The van der Waals surface area contributed by atoms with E-state index in [4.69, 9.17) is 5.11 Å². The fourth-order valence-corrected chi connectivity index (χ4v) is 1.02. The highest BCUT2D eigenvalue weighted by Crippen LogP contribution is 2.24. The summed E-state index contributed by atoms with van der Waals surface area (Å²) in [6.07, 6.45) is 0.937. The van der Waals surface area contributed by atoms with Crippen LogP contribution >= 0.6 is 0 Å². The molecule has 0 heterocycles. The van der Waals surface area contributed by atoms with E-state index in [9.17, 15) is 9.59 Å². The van der Waals surface area contributed by atoms with Gasteiger partial charge in [0.05, 0.1) is 7.11 Å². The molecule has 0 fully saturated rings. The molecule has 4 nitrogen and oxygen atoms in total. The molecule has 0 amide bonds. The molecule has 0 saturated heterocycles. The summed E-state index contributed by atoms with van der Waals surface area (Å²) in [6, 6.07) is 0. The van der Waals surface area contributed by atoms with E-state index in [0.29, 0.717) is 12.8 Å². The van der Waals surface area contributed by atoms with Gasteiger partial charge in [0, 0.05) is 0 Å². The zero-order valence-corrected chi connectivity index (χ0v) is 7.59. The summed E-state index contributed by atoms with van der Waals surface area (Å²) in [4.78, 5) is 21.8. The van der Waals surface area contributed by atoms with Crippen molar-refractivity contribution in [1.82, 2.24) is 0 Å². The van der Waals surface area contributed by atoms with Crippen molar-refractivity contribution >= 4 is 11.9 Å². The molecular weight excluding hydrogens is 160 g/mol. The molecule has 0 spiro atoms. The first-order chi connectivity index (χ1) is 5.49. The molecule has 1 unspecified atom stereocenters. The van der Waals surface area contributed by atoms with Crippen molar-refractivity contribution in [3.05, 3.63) is 0 Å². The summed E-state index contributed by atoms with van der Waals surface area (Å²) in [5, 5.41) is 8.76. The Bertz CT molecular complexity index is 187. The van der Waals surface area contributed by atoms with Gasteiger partial charge in [0.25, 0.3) is 0 Å². The van der Waals surface area contributed by atoms with Crippen molar-refractivity contribution in [3.8, 4) is 0 Å². The SMILES string of the molecule is CCCC(C)(C(=O)O)C(=O)OC. The number of carbonyl (C=O) groups is 2. The average Bonchev–Trinajstić information content (AvgIpc) is 2.03. The molecule has 0 aromatic carbocycles. The standard InChI is InChI=1S/C8H14O4/c1-4-5-8(2,6(9)10)7(11)12-3/h4-5H2,1-3H3,(H,9,10). The molecule has 0 aromatic heterocycles. The maximum Gasteiger partial charge on any atom is 0.322 e. The molecule has 12 heavy (non-hydrogen) atoms. The van der Waals surface area contributed by atoms with Crippen molar-refractivity contribution in [1.29, 1.82) is 0 Å². The van der Waals surface area contributed by atoms with Crippen LogP contribution < -0.4 is 0 Å². The molecule has 0 aliphatic carbocycles. The van der Waals surface area contributed by atoms with Crippen LogP contribution in [0.25, 0.3) is 0 Å². The van der Waals surface area contributed by atoms with Crippen LogP contribution in [0.4, 0.5) is 0 Å². The Kier molecular flexibility index (Phi) is 3.73. The number of esters is 1. The molecule has 70 valence electrons. The van der Waals surface area contributed by atoms with Crippen LogP contribution in [0.2, 0.25) is 0 Å². The second-order valence-electron chi connectivity index (χ2n) is 2.88. The number of carboxylic acid groups (broad SMARTS) is 1. The van der Waals surface area contributed by atoms with Gasteiger partial charge < -0.3 is 9.84 Å². The number of ether oxygens (including phenoxy) is 1. The molecule has 1 atom stereocenters. The van der Waals surface area contributed by atoms with Crippen molar-refractivity contribution in [2.24, 2.45) is 5.41 Å². The van der Waals surface area contributed by atoms with Gasteiger partial charge in [-0.3, -0.25) is 9.59 Å². The first-order valence-corrected chi connectivity index (χ1v) is 3.80. The van der Waals surface area contributed by atoms with Gasteiger partial charge in [-0.25, -0.2) is 0 Å². The molecule has 1 N–H and O–H groups in total. The highest BCUT2D eigenvalue weighted by atomic mass is 16.5. The van der Waals surface area contributed by atoms with E-state index in [1.807, 2.05) is 6.92 Å². The summed E-state index contributed by atoms with van der Waals surface area (Å²) in [5.41, 5.74) is -1.39. The van der Waals surface area contributed by atoms with Crippen LogP contribution in [0.5, 0.6) is 0 Å². The van der Waals surface area contributed by atoms with Gasteiger partial charge in [-0.1, -0.05) is 13.3 Å². The highest BCUT2D eigenvalue weighted by Gasteiger charge is 2.41. The summed E-state index contributed by atoms with van der Waals surface area (Å²) in [5.74, 6) is -1.81. The maximum absolute atomic E-state index is 11.1. The Morgan fingerprint density at radius 1 is 1.50 bits per heavy atom. The van der Waals surface area contributed by atoms with Gasteiger partial charge >= 0.3 is 11.9 Å². The fourth-order valence-electron chi connectivity index (χ4n) is 1.02. The van der Waals surface area contributed by atoms with Gasteiger partial charge in [0.1, 0.15) is 0 Å². The Balaban J connectivity index is 4.61. The van der Waals surface area contributed by atoms with Crippen LogP contribution in [-0.2, 0) is 14.3 Å². The van der Waals surface area contributed by atoms with Crippen LogP contribution in [0.1, 0.15) is 26.7 Å². The fraction of sp³-hybridized carbons (Fsp3) is 0.750. The topological polar surface area (TPSA) is 63.6 Å². The predicted molar refractivity (Wildman–Crippen MR) is 42.7 cm³/mol. The minimum Gasteiger partial charge on any atom is -0.480 e. The number of hydrogen-bond acceptors (Lipinski definition) is 3. The number of hydrogen-bond donors (Lipinski definition) is 1. The van der Waals surface area contributed by atoms with Gasteiger partial charge in [0.2, 0.25) is 0 Å². The van der Waals surface area contributed by atoms with Crippen molar-refractivity contribution in [2.75, 3.05) is 7.11 Å². The van der Waals surface area contributed by atoms with E-state index < -0.39 is 17.4 Å². The third kappa shape index (κ3) is 1.96. The van der Waals surface area contributed by atoms with E-state index in [-0.39, 0.29) is 0 Å². The van der Waals surface area contributed by atoms with Gasteiger partial charge in [-0.05, 0) is 13.3 Å². The zero-order chi connectivity index (χ0) is 9.78. The first kappa shape index (κ1) is 10.9. The summed E-state index contributed by atoms with van der Waals surface area (Å²) in [6.45, 7) is 3.20. The third-order valence-electron chi connectivity index (χ3n) is 1.86. The Hall–Kier alpha value is -1.06. The molecule has 0 aliphatic rings. The Labute approximate surface area is 71.5 Å². The molecule has 4 heteroatoms. The number of methoxy groups -OCH3 is 1. The Morgan fingerprint density at radius 2 is 2.00 bits per heavy atom. The molecule has 0 aliphatic heterocycles. The monoisotopic (exact) mass is 174 g/mol. The van der Waals surface area contributed by atoms with E-state index in [1.165, 1.54) is 14.0 Å². The van der Waals surface area contributed by atoms with Crippen LogP contribution in [0.15, 0.2) is 0 Å². The van der Waals surface area contributed by atoms with E-state index in [1.54, 1.807) is 0 Å². The first-order valence-electron chi connectivity index (χ1n) is 3.80. The lowest BCUT2D eigenvalue weighted by molar-refractivity contribution is -0.166. The van der Waals surface area contributed by atoms with Gasteiger partial charge in [0.15, 0.2) is 5.41 Å². The lowest BCUT2D eigenvalue weighted by atomic mass is 9.86. The van der Waals surface area contributed by atoms with Crippen molar-refractivity contribution in [3.63, 3.8) is 0 Å². The molecule has 0 bridgehead atoms. The highest BCUT2D eigenvalue weighted by molar-refractivity contribution is 5.98. The predicted octanol–water partition coefficient (Wildman–Crippen LogP) is 1.05. The normalized spacial score (nSPS) is 14.9. The molecule has 0 saturated carbocycles. The maximum atomic E-state index is 11.1. The Morgan fingerprint density at radius 3 is 2.25 bits per heavy atom. The summed E-state index contributed by atoms with van der Waals surface area (Å²) in [7, 11) is 1.19. The largest absolute Gasteiger partial charge is 0.480 e. The molecular formula is C8H14O4. The molecule has 0 aromatic rings. The number of aliphatic carboxylic acids is 1. The summed E-state index contributed by atoms with van der Waals surface area (Å²) >= 11 is 0. The second kappa shape index (κ2) is 4.09. The van der Waals surface area contributed by atoms with E-state index in [2.05, 4.69) is 4.74 Å². The van der Waals surface area contributed by atoms with Crippen LogP contribution in [0, 0.1) is 5.41 Å². The summed E-state index contributed by atoms with van der Waals surface area (Å²) < 4.78 is 4.41. The lowest BCUT2D eigenvalue weighted by Crippen LogP contribution is -2.37. The smallest absolute Gasteiger partial charge is 0.322 e. The van der Waals surface area contributed by atoms with Gasteiger partial charge in [-0.15, -0.1) is 0 Å². The molecule has 0 rings (SSSR count). The van der Waals surface area contributed by atoms with E-state index in [0.717, 1.165) is 0 Å². The quantitative estimate of drug-likeness (QED) is 0.511. The van der Waals surface area contributed by atoms with E-state index >= 15 is 0 Å². The van der Waals surface area contributed by atoms with Crippen molar-refractivity contribution in [2.45, 2.75) is 26.7 Å². The minimum absolute atomic E-state index is 0.301.